The summed E-state index contributed by atoms with van der Waals surface area (Å²) in [6.45, 7) is 2.92. The molecule has 9 heteroatoms. The van der Waals surface area contributed by atoms with Crippen molar-refractivity contribution >= 4 is 22.5 Å². The summed E-state index contributed by atoms with van der Waals surface area (Å²) in [4.78, 5) is 19.1. The molecule has 3 aromatic heterocycles. The average molecular weight is 543 g/mol. The molecule has 5 aromatic rings. The molecule has 8 nitrogen and oxygen atoms in total. The van der Waals surface area contributed by atoms with E-state index in [1.807, 2.05) is 66.2 Å². The molecule has 1 N–H and O–H groups in total. The van der Waals surface area contributed by atoms with Gasteiger partial charge in [-0.3, -0.25) is 9.69 Å². The number of aromatic amines is 1. The van der Waals surface area contributed by atoms with Crippen LogP contribution in [0.3, 0.4) is 0 Å². The van der Waals surface area contributed by atoms with E-state index >= 15 is 0 Å². The van der Waals surface area contributed by atoms with Crippen LogP contribution in [0.5, 0.6) is 0 Å². The third-order valence-corrected chi connectivity index (χ3v) is 8.01. The van der Waals surface area contributed by atoms with Gasteiger partial charge in [0.1, 0.15) is 11.8 Å². The molecule has 6 rings (SSSR count). The van der Waals surface area contributed by atoms with Gasteiger partial charge in [-0.15, -0.1) is 5.10 Å². The number of aromatic nitrogens is 5. The molecule has 39 heavy (non-hydrogen) atoms. The Bertz CT molecular complexity index is 1620. The van der Waals surface area contributed by atoms with Crippen LogP contribution in [-0.4, -0.2) is 30.1 Å². The minimum absolute atomic E-state index is 0.167. The summed E-state index contributed by atoms with van der Waals surface area (Å²) in [6, 6.07) is 19.3. The van der Waals surface area contributed by atoms with E-state index in [0.29, 0.717) is 29.5 Å². The zero-order chi connectivity index (χ0) is 26.8. The van der Waals surface area contributed by atoms with Crippen LogP contribution in [0.4, 0.5) is 0 Å². The summed E-state index contributed by atoms with van der Waals surface area (Å²) in [5.74, 6) is 1.43. The molecule has 1 saturated carbocycles. The molecule has 200 valence electrons. The highest BCUT2D eigenvalue weighted by Crippen LogP contribution is 2.35. The van der Waals surface area contributed by atoms with E-state index in [1.54, 1.807) is 6.26 Å². The Morgan fingerprint density at radius 1 is 1.08 bits per heavy atom. The van der Waals surface area contributed by atoms with Crippen molar-refractivity contribution in [3.05, 3.63) is 111 Å². The van der Waals surface area contributed by atoms with Crippen LogP contribution < -0.4 is 5.56 Å². The van der Waals surface area contributed by atoms with Crippen molar-refractivity contribution in [2.75, 3.05) is 0 Å². The number of pyridine rings is 1. The number of halogens is 1. The van der Waals surface area contributed by atoms with Crippen molar-refractivity contribution in [2.24, 2.45) is 0 Å². The van der Waals surface area contributed by atoms with Crippen molar-refractivity contribution in [3.63, 3.8) is 0 Å². The number of rotatable bonds is 8. The fourth-order valence-electron chi connectivity index (χ4n) is 5.69. The van der Waals surface area contributed by atoms with Gasteiger partial charge in [0.2, 0.25) is 0 Å². The standard InChI is InChI=1S/C30H31ClN6O2/c1-20-13-14-21-17-25(30(38)32-27(21)16-20)28(29-33-34-35-37(29)23-9-3-2-4-10-23)36(19-24-11-7-15-39-24)18-22-8-5-6-12-26(22)31/h5-8,11-17,23,28H,2-4,9-10,18-19H2,1H3,(H,32,38)/t28-/m1/s1. The Morgan fingerprint density at radius 2 is 1.92 bits per heavy atom. The number of hydrogen-bond acceptors (Lipinski definition) is 6. The van der Waals surface area contributed by atoms with E-state index in [0.717, 1.165) is 53.5 Å². The minimum atomic E-state index is -0.544. The number of H-pyrrole nitrogens is 1. The van der Waals surface area contributed by atoms with Crippen LogP contribution in [0.15, 0.2) is 76.1 Å². The van der Waals surface area contributed by atoms with Gasteiger partial charge in [0.05, 0.1) is 18.8 Å². The summed E-state index contributed by atoms with van der Waals surface area (Å²) < 4.78 is 7.73. The van der Waals surface area contributed by atoms with Gasteiger partial charge in [0, 0.05) is 22.6 Å². The van der Waals surface area contributed by atoms with E-state index in [4.69, 9.17) is 16.0 Å². The topological polar surface area (TPSA) is 92.8 Å². The molecular formula is C30H31ClN6O2. The fraction of sp³-hybridized carbons (Fsp3) is 0.333. The van der Waals surface area contributed by atoms with Crippen LogP contribution in [0.1, 0.15) is 72.5 Å². The minimum Gasteiger partial charge on any atom is -0.468 e. The molecule has 3 heterocycles. The molecular weight excluding hydrogens is 512 g/mol. The first-order chi connectivity index (χ1) is 19.1. The van der Waals surface area contributed by atoms with Gasteiger partial charge in [-0.05, 0) is 77.0 Å². The summed E-state index contributed by atoms with van der Waals surface area (Å²) in [5, 5.41) is 14.8. The maximum absolute atomic E-state index is 13.8. The molecule has 0 saturated heterocycles. The Balaban J connectivity index is 1.53. The average Bonchev–Trinajstić information content (AvgIpc) is 3.64. The lowest BCUT2D eigenvalue weighted by molar-refractivity contribution is 0.173. The quantitative estimate of drug-likeness (QED) is 0.245. The highest BCUT2D eigenvalue weighted by Gasteiger charge is 2.33. The fourth-order valence-corrected chi connectivity index (χ4v) is 5.88. The molecule has 0 bridgehead atoms. The third-order valence-electron chi connectivity index (χ3n) is 7.64. The van der Waals surface area contributed by atoms with Crippen LogP contribution in [0.2, 0.25) is 5.02 Å². The van der Waals surface area contributed by atoms with Crippen molar-refractivity contribution in [1.29, 1.82) is 0 Å². The molecule has 1 aliphatic rings. The zero-order valence-electron chi connectivity index (χ0n) is 21.9. The van der Waals surface area contributed by atoms with Gasteiger partial charge < -0.3 is 9.40 Å². The zero-order valence-corrected chi connectivity index (χ0v) is 22.6. The monoisotopic (exact) mass is 542 g/mol. The summed E-state index contributed by atoms with van der Waals surface area (Å²) in [7, 11) is 0. The van der Waals surface area contributed by atoms with Crippen LogP contribution in [-0.2, 0) is 13.1 Å². The lowest BCUT2D eigenvalue weighted by atomic mass is 9.95. The molecule has 0 unspecified atom stereocenters. The van der Waals surface area contributed by atoms with Gasteiger partial charge in [-0.25, -0.2) is 4.68 Å². The second-order valence-corrected chi connectivity index (χ2v) is 10.8. The van der Waals surface area contributed by atoms with E-state index in [2.05, 4.69) is 31.5 Å². The van der Waals surface area contributed by atoms with E-state index in [1.165, 1.54) is 6.42 Å². The maximum Gasteiger partial charge on any atom is 0.253 e. The maximum atomic E-state index is 13.8. The van der Waals surface area contributed by atoms with Gasteiger partial charge >= 0.3 is 0 Å². The molecule has 2 aromatic carbocycles. The second kappa shape index (κ2) is 11.2. The molecule has 1 aliphatic carbocycles. The Labute approximate surface area is 231 Å². The van der Waals surface area contributed by atoms with Crippen molar-refractivity contribution in [3.8, 4) is 0 Å². The highest BCUT2D eigenvalue weighted by molar-refractivity contribution is 6.31. The first-order valence-corrected chi connectivity index (χ1v) is 13.9. The van der Waals surface area contributed by atoms with Gasteiger partial charge in [-0.2, -0.15) is 0 Å². The Kier molecular flexibility index (Phi) is 7.30. The van der Waals surface area contributed by atoms with Gasteiger partial charge in [0.25, 0.3) is 5.56 Å². The number of aryl methyl sites for hydroxylation is 1. The lowest BCUT2D eigenvalue weighted by Gasteiger charge is -2.32. The van der Waals surface area contributed by atoms with Crippen LogP contribution in [0.25, 0.3) is 10.9 Å². The third kappa shape index (κ3) is 5.40. The van der Waals surface area contributed by atoms with Crippen LogP contribution >= 0.6 is 11.6 Å². The Morgan fingerprint density at radius 3 is 2.72 bits per heavy atom. The second-order valence-electron chi connectivity index (χ2n) is 10.4. The van der Waals surface area contributed by atoms with Crippen molar-refractivity contribution < 1.29 is 4.42 Å². The summed E-state index contributed by atoms with van der Waals surface area (Å²) >= 11 is 6.64. The van der Waals surface area contributed by atoms with Crippen molar-refractivity contribution in [1.82, 2.24) is 30.1 Å². The molecule has 0 amide bonds. The normalized spacial score (nSPS) is 15.3. The lowest BCUT2D eigenvalue weighted by Crippen LogP contribution is -2.35. The molecule has 1 atom stereocenters. The first kappa shape index (κ1) is 25.5. The van der Waals surface area contributed by atoms with E-state index < -0.39 is 6.04 Å². The number of nitrogens with zero attached hydrogens (tertiary/aromatic N) is 5. The number of hydrogen-bond donors (Lipinski definition) is 1. The molecule has 0 radical (unpaired) electrons. The van der Waals surface area contributed by atoms with Gasteiger partial charge in [-0.1, -0.05) is 61.2 Å². The molecule has 1 fully saturated rings. The van der Waals surface area contributed by atoms with E-state index in [-0.39, 0.29) is 11.6 Å². The molecule has 0 aliphatic heterocycles. The SMILES string of the molecule is Cc1ccc2cc([C@H](c3nnnn3C3CCCCC3)N(Cc3ccco3)Cc3ccccc3Cl)c(=O)[nH]c2c1. The predicted molar refractivity (Wildman–Crippen MR) is 150 cm³/mol. The number of fused-ring (bicyclic) bond motifs is 1. The summed E-state index contributed by atoms with van der Waals surface area (Å²) in [5.41, 5.74) is 3.25. The summed E-state index contributed by atoms with van der Waals surface area (Å²) in [6.07, 6.45) is 7.19. The number of nitrogens with one attached hydrogen (secondary N) is 1. The highest BCUT2D eigenvalue weighted by atomic mass is 35.5. The number of benzene rings is 2. The Hall–Kier alpha value is -3.75. The van der Waals surface area contributed by atoms with E-state index in [9.17, 15) is 4.79 Å². The molecule has 0 spiro atoms. The number of tetrazole rings is 1. The van der Waals surface area contributed by atoms with Crippen LogP contribution in [0, 0.1) is 6.92 Å². The number of furan rings is 1. The van der Waals surface area contributed by atoms with Gasteiger partial charge in [0.15, 0.2) is 5.82 Å². The first-order valence-electron chi connectivity index (χ1n) is 13.5. The predicted octanol–water partition coefficient (Wildman–Crippen LogP) is 6.37. The van der Waals surface area contributed by atoms with Crippen molar-refractivity contribution in [2.45, 2.75) is 64.2 Å². The largest absolute Gasteiger partial charge is 0.468 e. The smallest absolute Gasteiger partial charge is 0.253 e.